The summed E-state index contributed by atoms with van der Waals surface area (Å²) >= 11 is 0. The third kappa shape index (κ3) is 2.19. The second-order valence-corrected chi connectivity index (χ2v) is 4.03. The van der Waals surface area contributed by atoms with E-state index in [9.17, 15) is 4.39 Å². The van der Waals surface area contributed by atoms with Gasteiger partial charge in [-0.15, -0.1) is 0 Å². The van der Waals surface area contributed by atoms with Crippen molar-refractivity contribution in [2.24, 2.45) is 0 Å². The highest BCUT2D eigenvalue weighted by molar-refractivity contribution is 5.32. The molecule has 0 saturated carbocycles. The summed E-state index contributed by atoms with van der Waals surface area (Å²) in [5.74, 6) is -0.109. The number of rotatable bonds is 1. The third-order valence-corrected chi connectivity index (χ3v) is 2.76. The Hall–Kier alpha value is -0.930. The molecule has 2 rings (SSSR count). The van der Waals surface area contributed by atoms with Crippen LogP contribution >= 0.6 is 0 Å². The van der Waals surface area contributed by atoms with Crippen LogP contribution in [0.3, 0.4) is 0 Å². The van der Waals surface area contributed by atoms with Gasteiger partial charge in [0, 0.05) is 13.1 Å². The van der Waals surface area contributed by atoms with Gasteiger partial charge in [0.25, 0.3) is 0 Å². The van der Waals surface area contributed by atoms with E-state index in [1.54, 1.807) is 13.8 Å². The molecule has 1 saturated heterocycles. The molecule has 0 aromatic heterocycles. The standard InChI is InChI=1S/C12H16FNO/c1-8-5-10(6-9(2)12(8)13)11-7-14-3-4-15-11/h5-6,11,14H,3-4,7H2,1-2H3. The van der Waals surface area contributed by atoms with Gasteiger partial charge in [-0.25, -0.2) is 4.39 Å². The molecule has 1 heterocycles. The van der Waals surface area contributed by atoms with Crippen molar-refractivity contribution in [3.8, 4) is 0 Å². The first-order valence-corrected chi connectivity index (χ1v) is 5.27. The van der Waals surface area contributed by atoms with Gasteiger partial charge in [-0.2, -0.15) is 0 Å². The smallest absolute Gasteiger partial charge is 0.129 e. The van der Waals surface area contributed by atoms with Crippen LogP contribution in [0.5, 0.6) is 0 Å². The molecule has 0 amide bonds. The molecular formula is C12H16FNO. The van der Waals surface area contributed by atoms with Gasteiger partial charge < -0.3 is 10.1 Å². The molecule has 1 atom stereocenters. The molecule has 82 valence electrons. The van der Waals surface area contributed by atoms with E-state index in [0.717, 1.165) is 25.3 Å². The molecule has 0 radical (unpaired) electrons. The Morgan fingerprint density at radius 1 is 1.33 bits per heavy atom. The quantitative estimate of drug-likeness (QED) is 0.764. The fourth-order valence-electron chi connectivity index (χ4n) is 1.94. The first-order chi connectivity index (χ1) is 7.18. The summed E-state index contributed by atoms with van der Waals surface area (Å²) in [6.45, 7) is 6.02. The van der Waals surface area contributed by atoms with Crippen LogP contribution in [0.25, 0.3) is 0 Å². The summed E-state index contributed by atoms with van der Waals surface area (Å²) in [6.07, 6.45) is 0.0664. The Bertz CT molecular complexity index is 336. The minimum absolute atomic E-state index is 0.0664. The lowest BCUT2D eigenvalue weighted by Crippen LogP contribution is -2.33. The van der Waals surface area contributed by atoms with E-state index in [2.05, 4.69) is 5.32 Å². The Balaban J connectivity index is 2.27. The number of morpholine rings is 1. The summed E-state index contributed by atoms with van der Waals surface area (Å²) in [7, 11) is 0. The maximum atomic E-state index is 13.4. The highest BCUT2D eigenvalue weighted by Gasteiger charge is 2.17. The van der Waals surface area contributed by atoms with Crippen molar-refractivity contribution in [3.63, 3.8) is 0 Å². The molecule has 0 spiro atoms. The Morgan fingerprint density at radius 2 is 2.00 bits per heavy atom. The molecule has 0 bridgehead atoms. The number of hydrogen-bond acceptors (Lipinski definition) is 2. The van der Waals surface area contributed by atoms with Gasteiger partial charge >= 0.3 is 0 Å². The topological polar surface area (TPSA) is 21.3 Å². The lowest BCUT2D eigenvalue weighted by molar-refractivity contribution is 0.0276. The van der Waals surface area contributed by atoms with Crippen LogP contribution in [0.15, 0.2) is 12.1 Å². The zero-order valence-corrected chi connectivity index (χ0v) is 9.14. The number of hydrogen-bond donors (Lipinski definition) is 1. The molecule has 1 aromatic carbocycles. The molecule has 1 unspecified atom stereocenters. The van der Waals surface area contributed by atoms with E-state index in [0.29, 0.717) is 11.1 Å². The summed E-state index contributed by atoms with van der Waals surface area (Å²) in [6, 6.07) is 3.75. The minimum Gasteiger partial charge on any atom is -0.371 e. The Kier molecular flexibility index (Phi) is 3.03. The van der Waals surface area contributed by atoms with Crippen molar-refractivity contribution in [1.82, 2.24) is 5.32 Å². The van der Waals surface area contributed by atoms with E-state index in [-0.39, 0.29) is 11.9 Å². The van der Waals surface area contributed by atoms with Gasteiger partial charge in [-0.05, 0) is 30.5 Å². The van der Waals surface area contributed by atoms with Gasteiger partial charge in [-0.3, -0.25) is 0 Å². The second-order valence-electron chi connectivity index (χ2n) is 4.03. The van der Waals surface area contributed by atoms with Crippen molar-refractivity contribution >= 4 is 0 Å². The molecule has 1 aromatic rings. The fraction of sp³-hybridized carbons (Fsp3) is 0.500. The molecule has 3 heteroatoms. The van der Waals surface area contributed by atoms with E-state index in [4.69, 9.17) is 4.74 Å². The zero-order valence-electron chi connectivity index (χ0n) is 9.14. The van der Waals surface area contributed by atoms with Crippen LogP contribution in [0.4, 0.5) is 4.39 Å². The zero-order chi connectivity index (χ0) is 10.8. The molecule has 15 heavy (non-hydrogen) atoms. The van der Waals surface area contributed by atoms with Crippen molar-refractivity contribution in [2.75, 3.05) is 19.7 Å². The SMILES string of the molecule is Cc1cc(C2CNCCO2)cc(C)c1F. The van der Waals surface area contributed by atoms with Crippen molar-refractivity contribution in [2.45, 2.75) is 20.0 Å². The average Bonchev–Trinajstić information content (AvgIpc) is 2.26. The maximum absolute atomic E-state index is 13.4. The first-order valence-electron chi connectivity index (χ1n) is 5.27. The van der Waals surface area contributed by atoms with Gasteiger partial charge in [0.2, 0.25) is 0 Å². The van der Waals surface area contributed by atoms with Crippen LogP contribution < -0.4 is 5.32 Å². The summed E-state index contributed by atoms with van der Waals surface area (Å²) in [4.78, 5) is 0. The summed E-state index contributed by atoms with van der Waals surface area (Å²) in [5.41, 5.74) is 2.46. The van der Waals surface area contributed by atoms with Gasteiger partial charge in [0.15, 0.2) is 0 Å². The number of nitrogens with one attached hydrogen (secondary N) is 1. The molecule has 1 aliphatic heterocycles. The largest absolute Gasteiger partial charge is 0.371 e. The highest BCUT2D eigenvalue weighted by atomic mass is 19.1. The number of benzene rings is 1. The average molecular weight is 209 g/mol. The van der Waals surface area contributed by atoms with Crippen molar-refractivity contribution in [1.29, 1.82) is 0 Å². The lowest BCUT2D eigenvalue weighted by Gasteiger charge is -2.24. The number of halogens is 1. The Labute approximate surface area is 89.4 Å². The van der Waals surface area contributed by atoms with Gasteiger partial charge in [0.1, 0.15) is 5.82 Å². The minimum atomic E-state index is -0.109. The van der Waals surface area contributed by atoms with E-state index in [1.807, 2.05) is 12.1 Å². The van der Waals surface area contributed by atoms with E-state index < -0.39 is 0 Å². The Morgan fingerprint density at radius 3 is 2.53 bits per heavy atom. The molecule has 1 aliphatic rings. The second kappa shape index (κ2) is 4.29. The van der Waals surface area contributed by atoms with E-state index in [1.165, 1.54) is 0 Å². The molecule has 1 N–H and O–H groups in total. The molecule has 1 fully saturated rings. The predicted octanol–water partition coefficient (Wildman–Crippen LogP) is 2.10. The molecular weight excluding hydrogens is 193 g/mol. The molecule has 0 aliphatic carbocycles. The normalized spacial score (nSPS) is 21.7. The van der Waals surface area contributed by atoms with Crippen LogP contribution in [0, 0.1) is 19.7 Å². The predicted molar refractivity (Wildman–Crippen MR) is 57.4 cm³/mol. The lowest BCUT2D eigenvalue weighted by atomic mass is 10.0. The molecule has 2 nitrogen and oxygen atoms in total. The highest BCUT2D eigenvalue weighted by Crippen LogP contribution is 2.23. The van der Waals surface area contributed by atoms with Crippen LogP contribution in [0.1, 0.15) is 22.8 Å². The maximum Gasteiger partial charge on any atom is 0.129 e. The van der Waals surface area contributed by atoms with Crippen LogP contribution in [-0.4, -0.2) is 19.7 Å². The van der Waals surface area contributed by atoms with Gasteiger partial charge in [-0.1, -0.05) is 12.1 Å². The number of aryl methyl sites for hydroxylation is 2. The fourth-order valence-corrected chi connectivity index (χ4v) is 1.94. The van der Waals surface area contributed by atoms with E-state index >= 15 is 0 Å². The summed E-state index contributed by atoms with van der Waals surface area (Å²) in [5, 5.41) is 3.27. The summed E-state index contributed by atoms with van der Waals surface area (Å²) < 4.78 is 19.1. The first kappa shape index (κ1) is 10.6. The van der Waals surface area contributed by atoms with Gasteiger partial charge in [0.05, 0.1) is 12.7 Å². The third-order valence-electron chi connectivity index (χ3n) is 2.76. The van der Waals surface area contributed by atoms with Crippen LogP contribution in [-0.2, 0) is 4.74 Å². The van der Waals surface area contributed by atoms with Crippen LogP contribution in [0.2, 0.25) is 0 Å². The number of ether oxygens (including phenoxy) is 1. The van der Waals surface area contributed by atoms with Crippen molar-refractivity contribution < 1.29 is 9.13 Å². The van der Waals surface area contributed by atoms with Crippen molar-refractivity contribution in [3.05, 3.63) is 34.6 Å². The monoisotopic (exact) mass is 209 g/mol.